The van der Waals surface area contributed by atoms with E-state index >= 15 is 0 Å². The van der Waals surface area contributed by atoms with Crippen LogP contribution in [0.25, 0.3) is 0 Å². The highest BCUT2D eigenvalue weighted by Gasteiger charge is 2.48. The number of nitrogens with zero attached hydrogens (tertiary/aromatic N) is 2. The Hall–Kier alpha value is -0.550. The third-order valence-corrected chi connectivity index (χ3v) is 7.12. The lowest BCUT2D eigenvalue weighted by Crippen LogP contribution is -2.34. The van der Waals surface area contributed by atoms with Crippen LogP contribution in [0.1, 0.15) is 69.0 Å². The quantitative estimate of drug-likeness (QED) is 0.922. The molecule has 1 heterocycles. The van der Waals surface area contributed by atoms with Gasteiger partial charge in [-0.2, -0.15) is 16.7 Å². The smallest absolute Gasteiger partial charge is 0.231 e. The van der Waals surface area contributed by atoms with E-state index in [0.717, 1.165) is 22.7 Å². The molecule has 4 unspecified atom stereocenters. The standard InChI is InChI=1S/C16H25N3OS/c17-15-11-7-6-10(8-11)14(15)16-18-13(19-20-16)9-21-12-4-2-1-3-5-12/h10-12,14-15H,1-9,17H2. The number of aromatic nitrogens is 2. The second kappa shape index (κ2) is 5.92. The minimum Gasteiger partial charge on any atom is -0.339 e. The van der Waals surface area contributed by atoms with E-state index in [0.29, 0.717) is 17.8 Å². The average molecular weight is 307 g/mol. The molecule has 3 fully saturated rings. The summed E-state index contributed by atoms with van der Waals surface area (Å²) >= 11 is 2.01. The van der Waals surface area contributed by atoms with Crippen LogP contribution in [-0.4, -0.2) is 21.4 Å². The summed E-state index contributed by atoms with van der Waals surface area (Å²) in [6.45, 7) is 0. The van der Waals surface area contributed by atoms with Crippen molar-refractivity contribution in [1.29, 1.82) is 0 Å². The highest BCUT2D eigenvalue weighted by Crippen LogP contribution is 2.51. The van der Waals surface area contributed by atoms with E-state index in [4.69, 9.17) is 10.3 Å². The van der Waals surface area contributed by atoms with Gasteiger partial charge in [0.1, 0.15) is 0 Å². The van der Waals surface area contributed by atoms with Crippen LogP contribution in [-0.2, 0) is 5.75 Å². The molecule has 3 saturated carbocycles. The third kappa shape index (κ3) is 2.74. The lowest BCUT2D eigenvalue weighted by atomic mass is 9.85. The maximum Gasteiger partial charge on any atom is 0.231 e. The summed E-state index contributed by atoms with van der Waals surface area (Å²) in [7, 11) is 0. The van der Waals surface area contributed by atoms with Gasteiger partial charge < -0.3 is 10.3 Å². The molecule has 3 aliphatic rings. The van der Waals surface area contributed by atoms with Gasteiger partial charge in [0.2, 0.25) is 5.89 Å². The van der Waals surface area contributed by atoms with Gasteiger partial charge in [-0.3, -0.25) is 0 Å². The molecule has 0 amide bonds. The van der Waals surface area contributed by atoms with Gasteiger partial charge in [-0.15, -0.1) is 0 Å². The number of rotatable bonds is 4. The Morgan fingerprint density at radius 3 is 2.67 bits per heavy atom. The van der Waals surface area contributed by atoms with Crippen LogP contribution in [0.4, 0.5) is 0 Å². The molecule has 0 radical (unpaired) electrons. The second-order valence-electron chi connectivity index (χ2n) is 7.06. The van der Waals surface area contributed by atoms with Gasteiger partial charge in [0.05, 0.1) is 11.7 Å². The summed E-state index contributed by atoms with van der Waals surface area (Å²) in [4.78, 5) is 4.67. The fourth-order valence-corrected chi connectivity index (χ4v) is 5.76. The van der Waals surface area contributed by atoms with Crippen molar-refractivity contribution in [3.8, 4) is 0 Å². The molecule has 0 spiro atoms. The summed E-state index contributed by atoms with van der Waals surface area (Å²) in [5.74, 6) is 4.27. The SMILES string of the molecule is NC1C2CCC(C2)C1c1nc(CSC2CCCCC2)no1. The molecule has 3 aliphatic carbocycles. The van der Waals surface area contributed by atoms with Gasteiger partial charge in [0.15, 0.2) is 5.82 Å². The molecular formula is C16H25N3OS. The van der Waals surface area contributed by atoms with Gasteiger partial charge in [-0.05, 0) is 43.9 Å². The largest absolute Gasteiger partial charge is 0.339 e. The zero-order valence-corrected chi connectivity index (χ0v) is 13.4. The molecule has 1 aromatic heterocycles. The van der Waals surface area contributed by atoms with E-state index in [1.54, 1.807) is 0 Å². The number of hydrogen-bond donors (Lipinski definition) is 1. The van der Waals surface area contributed by atoms with Crippen molar-refractivity contribution < 1.29 is 4.52 Å². The van der Waals surface area contributed by atoms with Crippen molar-refractivity contribution in [2.75, 3.05) is 0 Å². The van der Waals surface area contributed by atoms with Crippen LogP contribution in [0, 0.1) is 11.8 Å². The Kier molecular flexibility index (Phi) is 3.96. The Balaban J connectivity index is 1.37. The molecule has 2 bridgehead atoms. The molecule has 0 aliphatic heterocycles. The highest BCUT2D eigenvalue weighted by atomic mass is 32.2. The summed E-state index contributed by atoms with van der Waals surface area (Å²) in [6, 6.07) is 0.239. The van der Waals surface area contributed by atoms with Crippen LogP contribution in [0.5, 0.6) is 0 Å². The van der Waals surface area contributed by atoms with Crippen molar-refractivity contribution in [1.82, 2.24) is 10.1 Å². The number of nitrogens with two attached hydrogens (primary N) is 1. The summed E-state index contributed by atoms with van der Waals surface area (Å²) < 4.78 is 5.56. The summed E-state index contributed by atoms with van der Waals surface area (Å²) in [6.07, 6.45) is 10.7. The van der Waals surface area contributed by atoms with Crippen molar-refractivity contribution in [2.24, 2.45) is 17.6 Å². The maximum absolute atomic E-state index is 6.36. The maximum atomic E-state index is 6.36. The zero-order valence-electron chi connectivity index (χ0n) is 12.5. The molecule has 0 aromatic carbocycles. The molecule has 2 N–H and O–H groups in total. The molecule has 21 heavy (non-hydrogen) atoms. The van der Waals surface area contributed by atoms with Crippen LogP contribution in [0.2, 0.25) is 0 Å². The fourth-order valence-electron chi connectivity index (χ4n) is 4.59. The second-order valence-corrected chi connectivity index (χ2v) is 8.34. The lowest BCUT2D eigenvalue weighted by molar-refractivity contribution is 0.278. The Bertz CT molecular complexity index is 484. The van der Waals surface area contributed by atoms with Gasteiger partial charge in [0, 0.05) is 11.3 Å². The molecular weight excluding hydrogens is 282 g/mol. The minimum atomic E-state index is 0.239. The van der Waals surface area contributed by atoms with Crippen LogP contribution < -0.4 is 5.73 Å². The average Bonchev–Trinajstić information content (AvgIpc) is 3.22. The first-order valence-corrected chi connectivity index (χ1v) is 9.56. The van der Waals surface area contributed by atoms with Gasteiger partial charge >= 0.3 is 0 Å². The predicted molar refractivity (Wildman–Crippen MR) is 84.0 cm³/mol. The Morgan fingerprint density at radius 2 is 1.90 bits per heavy atom. The van der Waals surface area contributed by atoms with Gasteiger partial charge in [-0.25, -0.2) is 0 Å². The third-order valence-electron chi connectivity index (χ3n) is 5.75. The molecule has 116 valence electrons. The lowest BCUT2D eigenvalue weighted by Gasteiger charge is -2.24. The minimum absolute atomic E-state index is 0.239. The first-order chi connectivity index (χ1) is 10.3. The van der Waals surface area contributed by atoms with E-state index in [9.17, 15) is 0 Å². The molecule has 4 rings (SSSR count). The Morgan fingerprint density at radius 1 is 1.10 bits per heavy atom. The number of fused-ring (bicyclic) bond motifs is 2. The summed E-state index contributed by atoms with van der Waals surface area (Å²) in [5, 5.41) is 5.00. The molecule has 4 atom stereocenters. The highest BCUT2D eigenvalue weighted by molar-refractivity contribution is 7.99. The molecule has 5 heteroatoms. The van der Waals surface area contributed by atoms with Crippen molar-refractivity contribution in [3.63, 3.8) is 0 Å². The normalized spacial score (nSPS) is 36.4. The van der Waals surface area contributed by atoms with Gasteiger partial charge in [0.25, 0.3) is 0 Å². The molecule has 4 nitrogen and oxygen atoms in total. The van der Waals surface area contributed by atoms with Gasteiger partial charge in [-0.1, -0.05) is 24.4 Å². The topological polar surface area (TPSA) is 64.9 Å². The molecule has 1 aromatic rings. The Labute approximate surface area is 130 Å². The van der Waals surface area contributed by atoms with E-state index in [2.05, 4.69) is 10.1 Å². The van der Waals surface area contributed by atoms with Crippen molar-refractivity contribution >= 4 is 11.8 Å². The van der Waals surface area contributed by atoms with Crippen LogP contribution in [0.15, 0.2) is 4.52 Å². The van der Waals surface area contributed by atoms with E-state index in [1.165, 1.54) is 51.4 Å². The molecule has 0 saturated heterocycles. The van der Waals surface area contributed by atoms with Crippen LogP contribution in [0.3, 0.4) is 0 Å². The van der Waals surface area contributed by atoms with E-state index in [-0.39, 0.29) is 6.04 Å². The van der Waals surface area contributed by atoms with E-state index < -0.39 is 0 Å². The van der Waals surface area contributed by atoms with Crippen LogP contribution >= 0.6 is 11.8 Å². The number of hydrogen-bond acceptors (Lipinski definition) is 5. The predicted octanol–water partition coefficient (Wildman–Crippen LogP) is 3.48. The monoisotopic (exact) mass is 307 g/mol. The van der Waals surface area contributed by atoms with E-state index in [1.807, 2.05) is 11.8 Å². The zero-order chi connectivity index (χ0) is 14.2. The first kappa shape index (κ1) is 14.1. The number of thioether (sulfide) groups is 1. The first-order valence-electron chi connectivity index (χ1n) is 8.51. The fraction of sp³-hybridized carbons (Fsp3) is 0.875. The summed E-state index contributed by atoms with van der Waals surface area (Å²) in [5.41, 5.74) is 6.36. The van der Waals surface area contributed by atoms with Crippen molar-refractivity contribution in [2.45, 2.75) is 74.3 Å². The van der Waals surface area contributed by atoms with Crippen molar-refractivity contribution in [3.05, 3.63) is 11.7 Å².